The predicted molar refractivity (Wildman–Crippen MR) is 284 cm³/mol. The van der Waals surface area contributed by atoms with E-state index in [9.17, 15) is 0 Å². The van der Waals surface area contributed by atoms with Gasteiger partial charge in [0.05, 0.1) is 5.41 Å². The average molecular weight is 845 g/mol. The lowest BCUT2D eigenvalue weighted by Crippen LogP contribution is -2.26. The fraction of sp³-hybridized carbons (Fsp3) is 0.0149. The van der Waals surface area contributed by atoms with Gasteiger partial charge in [0.15, 0.2) is 0 Å². The fourth-order valence-corrected chi connectivity index (χ4v) is 12.9. The molecule has 0 atom stereocenters. The molecule has 0 nitrogen and oxygen atoms in total. The Labute approximate surface area is 388 Å². The summed E-state index contributed by atoms with van der Waals surface area (Å²) in [6, 6.07) is 91.5. The van der Waals surface area contributed by atoms with Crippen molar-refractivity contribution >= 4 is 64.6 Å². The minimum Gasteiger partial charge on any atom is -0.0619 e. The molecular weight excluding hydrogens is 805 g/mol. The van der Waals surface area contributed by atoms with Crippen molar-refractivity contribution in [3.05, 3.63) is 265 Å². The van der Waals surface area contributed by atoms with Crippen LogP contribution < -0.4 is 0 Å². The van der Waals surface area contributed by atoms with Crippen LogP contribution in [-0.4, -0.2) is 0 Å². The smallest absolute Gasteiger partial charge is 0.0619 e. The third-order valence-corrected chi connectivity index (χ3v) is 15.4. The van der Waals surface area contributed by atoms with Crippen LogP contribution in [0.3, 0.4) is 0 Å². The lowest BCUT2D eigenvalue weighted by molar-refractivity contribution is 0.809. The molecule has 2 aliphatic carbocycles. The van der Waals surface area contributed by atoms with Gasteiger partial charge in [-0.2, -0.15) is 0 Å². The Morgan fingerprint density at radius 1 is 0.209 bits per heavy atom. The van der Waals surface area contributed by atoms with Crippen molar-refractivity contribution in [1.29, 1.82) is 0 Å². The molecule has 13 aromatic rings. The minimum absolute atomic E-state index is 0.536. The Morgan fingerprint density at radius 3 is 1.22 bits per heavy atom. The molecule has 13 aromatic carbocycles. The second-order valence-corrected chi connectivity index (χ2v) is 18.5. The van der Waals surface area contributed by atoms with Crippen molar-refractivity contribution in [2.75, 3.05) is 0 Å². The number of fused-ring (bicyclic) bond motifs is 20. The Morgan fingerprint density at radius 2 is 0.612 bits per heavy atom. The average Bonchev–Trinajstić information content (AvgIpc) is 3.88. The van der Waals surface area contributed by atoms with E-state index in [-0.39, 0.29) is 0 Å². The summed E-state index contributed by atoms with van der Waals surface area (Å²) in [5, 5.41) is 15.3. The monoisotopic (exact) mass is 844 g/mol. The maximum atomic E-state index is 2.60. The van der Waals surface area contributed by atoms with Gasteiger partial charge in [-0.05, 0) is 149 Å². The number of hydrogen-bond donors (Lipinski definition) is 0. The Bertz CT molecular complexity index is 4150. The summed E-state index contributed by atoms with van der Waals surface area (Å²) in [5.41, 5.74) is 17.8. The van der Waals surface area contributed by atoms with Crippen LogP contribution in [0.25, 0.3) is 120 Å². The molecule has 0 fully saturated rings. The summed E-state index contributed by atoms with van der Waals surface area (Å²) in [5.74, 6) is 0. The molecule has 0 bridgehead atoms. The molecular formula is C67H40. The first kappa shape index (κ1) is 36.7. The van der Waals surface area contributed by atoms with E-state index >= 15 is 0 Å². The van der Waals surface area contributed by atoms with Gasteiger partial charge in [-0.15, -0.1) is 0 Å². The Balaban J connectivity index is 1.06. The highest BCUT2D eigenvalue weighted by molar-refractivity contribution is 6.27. The molecule has 0 N–H and O–H groups in total. The molecule has 0 radical (unpaired) electrons. The first-order valence-electron chi connectivity index (χ1n) is 23.5. The third kappa shape index (κ3) is 4.81. The molecule has 2 aliphatic rings. The van der Waals surface area contributed by atoms with Crippen molar-refractivity contribution in [3.8, 4) is 55.6 Å². The molecule has 1 spiro atoms. The largest absolute Gasteiger partial charge is 0.0737 e. The van der Waals surface area contributed by atoms with Gasteiger partial charge in [-0.3, -0.25) is 0 Å². The molecule has 15 rings (SSSR count). The predicted octanol–water partition coefficient (Wildman–Crippen LogP) is 18.0. The first-order chi connectivity index (χ1) is 33.3. The van der Waals surface area contributed by atoms with Gasteiger partial charge >= 0.3 is 0 Å². The van der Waals surface area contributed by atoms with Gasteiger partial charge in [-0.25, -0.2) is 0 Å². The standard InChI is InChI=1S/C67H40/c1-2-20-44-41(18-1)19-17-33-45(44)42-36-38-43(39-37-42)62-52-27-7-9-29-54(52)63(55-30-10-8-28-53(55)62)58-40-59-64-51-26-6-3-21-46(51)47-22-4-12-32-57(47)66(64)67(65(59)56-31-11-5-23-48(56)58)60-34-15-13-24-49(60)50-25-14-16-35-61(50)67/h1-40H. The summed E-state index contributed by atoms with van der Waals surface area (Å²) in [4.78, 5) is 0. The fourth-order valence-electron chi connectivity index (χ4n) is 12.9. The van der Waals surface area contributed by atoms with Crippen LogP contribution in [0.4, 0.5) is 0 Å². The van der Waals surface area contributed by atoms with E-state index in [1.807, 2.05) is 0 Å². The molecule has 0 aliphatic heterocycles. The summed E-state index contributed by atoms with van der Waals surface area (Å²) < 4.78 is 0. The Kier molecular flexibility index (Phi) is 7.52. The number of hydrogen-bond acceptors (Lipinski definition) is 0. The van der Waals surface area contributed by atoms with E-state index in [1.165, 1.54) is 143 Å². The number of benzene rings is 13. The van der Waals surface area contributed by atoms with Crippen molar-refractivity contribution in [2.24, 2.45) is 0 Å². The molecule has 0 saturated heterocycles. The zero-order valence-electron chi connectivity index (χ0n) is 36.6. The summed E-state index contributed by atoms with van der Waals surface area (Å²) in [7, 11) is 0. The lowest BCUT2D eigenvalue weighted by atomic mass is 9.68. The zero-order valence-corrected chi connectivity index (χ0v) is 36.6. The SMILES string of the molecule is c1ccc2c(c1)-c1ccccc1C21c2c(cc(-c3c4ccccc4c(-c4ccc(-c5cccc6ccccc56)cc4)c4ccccc34)c3ccccc23)-c2c1c1ccccc1c1ccccc21. The van der Waals surface area contributed by atoms with Crippen molar-refractivity contribution in [1.82, 2.24) is 0 Å². The van der Waals surface area contributed by atoms with Gasteiger partial charge in [0.1, 0.15) is 0 Å². The van der Waals surface area contributed by atoms with Gasteiger partial charge in [0.25, 0.3) is 0 Å². The lowest BCUT2D eigenvalue weighted by Gasteiger charge is -2.33. The Hall–Kier alpha value is -8.58. The number of rotatable bonds is 3. The van der Waals surface area contributed by atoms with Crippen molar-refractivity contribution in [2.45, 2.75) is 5.41 Å². The second-order valence-electron chi connectivity index (χ2n) is 18.5. The highest BCUT2D eigenvalue weighted by Crippen LogP contribution is 2.67. The van der Waals surface area contributed by atoms with Crippen LogP contribution >= 0.6 is 0 Å². The van der Waals surface area contributed by atoms with Crippen LogP contribution in [-0.2, 0) is 5.41 Å². The molecule has 0 saturated carbocycles. The van der Waals surface area contributed by atoms with E-state index in [0.717, 1.165) is 0 Å². The highest BCUT2D eigenvalue weighted by Gasteiger charge is 2.54. The van der Waals surface area contributed by atoms with Gasteiger partial charge in [0.2, 0.25) is 0 Å². The molecule has 0 amide bonds. The zero-order chi connectivity index (χ0) is 43.8. The summed E-state index contributed by atoms with van der Waals surface area (Å²) in [6.45, 7) is 0. The van der Waals surface area contributed by atoms with Crippen LogP contribution in [0.2, 0.25) is 0 Å². The van der Waals surface area contributed by atoms with Crippen LogP contribution in [0.1, 0.15) is 22.3 Å². The van der Waals surface area contributed by atoms with Crippen molar-refractivity contribution < 1.29 is 0 Å². The normalized spacial score (nSPS) is 13.2. The maximum absolute atomic E-state index is 2.60. The van der Waals surface area contributed by atoms with Crippen LogP contribution in [0.15, 0.2) is 243 Å². The summed E-state index contributed by atoms with van der Waals surface area (Å²) >= 11 is 0. The van der Waals surface area contributed by atoms with E-state index in [4.69, 9.17) is 0 Å². The van der Waals surface area contributed by atoms with Crippen molar-refractivity contribution in [3.63, 3.8) is 0 Å². The van der Waals surface area contributed by atoms with Gasteiger partial charge in [-0.1, -0.05) is 237 Å². The summed E-state index contributed by atoms with van der Waals surface area (Å²) in [6.07, 6.45) is 0. The van der Waals surface area contributed by atoms with E-state index in [2.05, 4.69) is 243 Å². The van der Waals surface area contributed by atoms with E-state index in [0.29, 0.717) is 0 Å². The molecule has 0 unspecified atom stereocenters. The highest BCUT2D eigenvalue weighted by atomic mass is 14.5. The molecule has 308 valence electrons. The topological polar surface area (TPSA) is 0 Å². The maximum Gasteiger partial charge on any atom is 0.0737 e. The quantitative estimate of drug-likeness (QED) is 0.123. The van der Waals surface area contributed by atoms with E-state index in [1.54, 1.807) is 0 Å². The molecule has 67 heavy (non-hydrogen) atoms. The first-order valence-corrected chi connectivity index (χ1v) is 23.5. The third-order valence-electron chi connectivity index (χ3n) is 15.4. The van der Waals surface area contributed by atoms with Gasteiger partial charge in [0, 0.05) is 0 Å². The second kappa shape index (κ2) is 13.7. The van der Waals surface area contributed by atoms with Crippen LogP contribution in [0.5, 0.6) is 0 Å². The molecule has 0 aromatic heterocycles. The van der Waals surface area contributed by atoms with E-state index < -0.39 is 5.41 Å². The minimum atomic E-state index is -0.536. The van der Waals surface area contributed by atoms with Crippen LogP contribution in [0, 0.1) is 0 Å². The molecule has 0 heteroatoms. The molecule has 0 heterocycles. The van der Waals surface area contributed by atoms with Gasteiger partial charge < -0.3 is 0 Å².